The molecule has 1 amide bonds. The summed E-state index contributed by atoms with van der Waals surface area (Å²) in [5.74, 6) is 0.196. The van der Waals surface area contributed by atoms with Gasteiger partial charge >= 0.3 is 0 Å². The minimum atomic E-state index is -0.259. The third kappa shape index (κ3) is 3.61. The van der Waals surface area contributed by atoms with Crippen molar-refractivity contribution in [3.8, 4) is 11.4 Å². The fourth-order valence-corrected chi connectivity index (χ4v) is 2.94. The Morgan fingerprint density at radius 3 is 2.25 bits per heavy atom. The van der Waals surface area contributed by atoms with Crippen molar-refractivity contribution in [2.75, 3.05) is 17.3 Å². The Morgan fingerprint density at radius 1 is 0.857 bits per heavy atom. The molecule has 6 heteroatoms. The van der Waals surface area contributed by atoms with Crippen molar-refractivity contribution >= 4 is 22.5 Å². The van der Waals surface area contributed by atoms with Crippen LogP contribution in [0.15, 0.2) is 89.7 Å². The van der Waals surface area contributed by atoms with Crippen LogP contribution in [0.3, 0.4) is 0 Å². The zero-order valence-corrected chi connectivity index (χ0v) is 15.0. The highest BCUT2D eigenvalue weighted by Gasteiger charge is 2.13. The van der Waals surface area contributed by atoms with Gasteiger partial charge in [-0.3, -0.25) is 9.59 Å². The zero-order chi connectivity index (χ0) is 19.3. The third-order valence-electron chi connectivity index (χ3n) is 4.26. The van der Waals surface area contributed by atoms with Crippen molar-refractivity contribution in [1.82, 2.24) is 9.66 Å². The number of para-hydroxylation sites is 2. The Kier molecular flexibility index (Phi) is 4.84. The van der Waals surface area contributed by atoms with E-state index in [2.05, 4.69) is 15.7 Å². The maximum Gasteiger partial charge on any atom is 0.280 e. The summed E-state index contributed by atoms with van der Waals surface area (Å²) in [6.45, 7) is -0.0747. The number of aromatic nitrogens is 2. The molecule has 0 aliphatic heterocycles. The van der Waals surface area contributed by atoms with Crippen LogP contribution in [-0.4, -0.2) is 22.1 Å². The lowest BCUT2D eigenvalue weighted by molar-refractivity contribution is -0.114. The van der Waals surface area contributed by atoms with Gasteiger partial charge in [0, 0.05) is 11.3 Å². The van der Waals surface area contributed by atoms with Crippen LogP contribution in [0.2, 0.25) is 0 Å². The number of benzene rings is 3. The molecule has 28 heavy (non-hydrogen) atoms. The first kappa shape index (κ1) is 17.5. The van der Waals surface area contributed by atoms with Crippen LogP contribution in [0.25, 0.3) is 22.3 Å². The van der Waals surface area contributed by atoms with E-state index in [4.69, 9.17) is 0 Å². The SMILES string of the molecule is O=C(CNn1c(-c2ccccc2)nc2ccccc2c1=O)Nc1ccccc1. The van der Waals surface area contributed by atoms with Gasteiger partial charge in [0.2, 0.25) is 5.91 Å². The van der Waals surface area contributed by atoms with E-state index in [0.717, 1.165) is 5.56 Å². The number of nitrogens with zero attached hydrogens (tertiary/aromatic N) is 2. The fraction of sp³-hybridized carbons (Fsp3) is 0.0455. The Hall–Kier alpha value is -3.93. The topological polar surface area (TPSA) is 76.0 Å². The molecule has 0 fully saturated rings. The number of rotatable bonds is 5. The molecule has 1 heterocycles. The second-order valence-electron chi connectivity index (χ2n) is 6.21. The standard InChI is InChI=1S/C22H18N4O2/c27-20(24-17-11-5-2-6-12-17)15-23-26-21(16-9-3-1-4-10-16)25-19-14-8-7-13-18(19)22(26)28/h1-14,23H,15H2,(H,24,27). The maximum atomic E-state index is 13.0. The molecule has 0 aliphatic rings. The van der Waals surface area contributed by atoms with E-state index in [1.165, 1.54) is 4.68 Å². The normalized spacial score (nSPS) is 10.6. The molecular weight excluding hydrogens is 352 g/mol. The number of anilines is 1. The number of carbonyl (C=O) groups is 1. The molecular formula is C22H18N4O2. The summed E-state index contributed by atoms with van der Waals surface area (Å²) in [7, 11) is 0. The summed E-state index contributed by atoms with van der Waals surface area (Å²) in [6.07, 6.45) is 0. The van der Waals surface area contributed by atoms with Gasteiger partial charge in [0.05, 0.1) is 10.9 Å². The lowest BCUT2D eigenvalue weighted by Crippen LogP contribution is -2.36. The predicted molar refractivity (Wildman–Crippen MR) is 111 cm³/mol. The molecule has 2 N–H and O–H groups in total. The number of nitrogens with one attached hydrogen (secondary N) is 2. The highest BCUT2D eigenvalue weighted by Crippen LogP contribution is 2.17. The van der Waals surface area contributed by atoms with E-state index >= 15 is 0 Å². The van der Waals surface area contributed by atoms with Crippen LogP contribution in [0.5, 0.6) is 0 Å². The molecule has 0 bridgehead atoms. The predicted octanol–water partition coefficient (Wildman–Crippen LogP) is 3.25. The summed E-state index contributed by atoms with van der Waals surface area (Å²) >= 11 is 0. The van der Waals surface area contributed by atoms with Gasteiger partial charge in [-0.25, -0.2) is 9.66 Å². The zero-order valence-electron chi connectivity index (χ0n) is 15.0. The van der Waals surface area contributed by atoms with Crippen molar-refractivity contribution in [2.45, 2.75) is 0 Å². The van der Waals surface area contributed by atoms with Gasteiger partial charge < -0.3 is 10.7 Å². The van der Waals surface area contributed by atoms with Crippen LogP contribution in [0, 0.1) is 0 Å². The number of hydrogen-bond donors (Lipinski definition) is 2. The summed E-state index contributed by atoms with van der Waals surface area (Å²) in [5.41, 5.74) is 4.75. The molecule has 6 nitrogen and oxygen atoms in total. The quantitative estimate of drug-likeness (QED) is 0.565. The second-order valence-corrected chi connectivity index (χ2v) is 6.21. The van der Waals surface area contributed by atoms with Gasteiger partial charge in [0.15, 0.2) is 5.82 Å². The highest BCUT2D eigenvalue weighted by molar-refractivity contribution is 5.93. The van der Waals surface area contributed by atoms with Gasteiger partial charge in [0.25, 0.3) is 5.56 Å². The molecule has 3 aromatic carbocycles. The van der Waals surface area contributed by atoms with E-state index < -0.39 is 0 Å². The van der Waals surface area contributed by atoms with E-state index in [0.29, 0.717) is 22.4 Å². The first-order valence-electron chi connectivity index (χ1n) is 8.88. The summed E-state index contributed by atoms with van der Waals surface area (Å²) in [6, 6.07) is 25.7. The molecule has 4 aromatic rings. The first-order chi connectivity index (χ1) is 13.7. The molecule has 0 spiro atoms. The van der Waals surface area contributed by atoms with E-state index in [1.54, 1.807) is 30.3 Å². The first-order valence-corrected chi connectivity index (χ1v) is 8.88. The smallest absolute Gasteiger partial charge is 0.280 e. The Labute approximate surface area is 161 Å². The molecule has 1 aromatic heterocycles. The summed E-state index contributed by atoms with van der Waals surface area (Å²) < 4.78 is 1.34. The average molecular weight is 370 g/mol. The lowest BCUT2D eigenvalue weighted by Gasteiger charge is -2.15. The summed E-state index contributed by atoms with van der Waals surface area (Å²) in [4.78, 5) is 30.0. The van der Waals surface area contributed by atoms with Crippen molar-refractivity contribution in [2.24, 2.45) is 0 Å². The second kappa shape index (κ2) is 7.75. The lowest BCUT2D eigenvalue weighted by atomic mass is 10.2. The molecule has 0 saturated heterocycles. The molecule has 0 aliphatic carbocycles. The Bertz CT molecular complexity index is 1170. The van der Waals surface area contributed by atoms with Crippen molar-refractivity contribution in [1.29, 1.82) is 0 Å². The van der Waals surface area contributed by atoms with Gasteiger partial charge in [-0.15, -0.1) is 0 Å². The van der Waals surface area contributed by atoms with Crippen LogP contribution < -0.4 is 16.3 Å². The number of carbonyl (C=O) groups excluding carboxylic acids is 1. The minimum Gasteiger partial charge on any atom is -0.325 e. The molecule has 0 atom stereocenters. The van der Waals surface area contributed by atoms with Crippen molar-refractivity contribution in [3.05, 3.63) is 95.3 Å². The molecule has 4 rings (SSSR count). The fourth-order valence-electron chi connectivity index (χ4n) is 2.94. The maximum absolute atomic E-state index is 13.0. The van der Waals surface area contributed by atoms with Crippen LogP contribution in [0.1, 0.15) is 0 Å². The van der Waals surface area contributed by atoms with Crippen molar-refractivity contribution < 1.29 is 4.79 Å². The average Bonchev–Trinajstić information content (AvgIpc) is 2.74. The van der Waals surface area contributed by atoms with Crippen LogP contribution in [0.4, 0.5) is 5.69 Å². The number of fused-ring (bicyclic) bond motifs is 1. The third-order valence-corrected chi connectivity index (χ3v) is 4.26. The number of amides is 1. The summed E-state index contributed by atoms with van der Waals surface area (Å²) in [5, 5.41) is 3.28. The minimum absolute atomic E-state index is 0.0747. The molecule has 0 unspecified atom stereocenters. The van der Waals surface area contributed by atoms with Crippen LogP contribution in [-0.2, 0) is 4.79 Å². The Morgan fingerprint density at radius 2 is 1.50 bits per heavy atom. The van der Waals surface area contributed by atoms with E-state index in [-0.39, 0.29) is 18.0 Å². The van der Waals surface area contributed by atoms with Crippen LogP contribution >= 0.6 is 0 Å². The molecule has 138 valence electrons. The molecule has 0 radical (unpaired) electrons. The van der Waals surface area contributed by atoms with Gasteiger partial charge in [-0.2, -0.15) is 0 Å². The van der Waals surface area contributed by atoms with Crippen molar-refractivity contribution in [3.63, 3.8) is 0 Å². The highest BCUT2D eigenvalue weighted by atomic mass is 16.2. The number of hydrogen-bond acceptors (Lipinski definition) is 4. The largest absolute Gasteiger partial charge is 0.325 e. The van der Waals surface area contributed by atoms with Gasteiger partial charge in [0.1, 0.15) is 6.54 Å². The van der Waals surface area contributed by atoms with Gasteiger partial charge in [-0.1, -0.05) is 60.7 Å². The van der Waals surface area contributed by atoms with E-state index in [1.807, 2.05) is 54.6 Å². The Balaban J connectivity index is 1.68. The molecule has 0 saturated carbocycles. The monoisotopic (exact) mass is 370 g/mol. The van der Waals surface area contributed by atoms with Gasteiger partial charge in [-0.05, 0) is 24.3 Å². The van der Waals surface area contributed by atoms with E-state index in [9.17, 15) is 9.59 Å².